The highest BCUT2D eigenvalue weighted by Crippen LogP contribution is 2.41. The van der Waals surface area contributed by atoms with Gasteiger partial charge in [0.15, 0.2) is 5.75 Å². The first-order valence-electron chi connectivity index (χ1n) is 15.3. The summed E-state index contributed by atoms with van der Waals surface area (Å²) in [5.74, 6) is 0.732. The van der Waals surface area contributed by atoms with Crippen LogP contribution in [0.15, 0.2) is 55.4 Å². The maximum Gasteiger partial charge on any atom is 0.324 e. The van der Waals surface area contributed by atoms with Gasteiger partial charge in [-0.1, -0.05) is 30.3 Å². The van der Waals surface area contributed by atoms with Crippen LogP contribution in [0.25, 0.3) is 21.8 Å². The standard InChI is InChI=1S/C33H30ClFN8O3/c1-2-27(44)41-12-14-42(15-13-41)31-22-8-10-36-32(46-30-23-17-37-40-25(23)16-24(35)28(30)34)29(22)38-33(39-31)45-26-5-3-4-19-18-43(20-6-7-20)11-9-21(19)26/h2-5,8,10,16-17,20H,1,6-7,9,11-15,18H2,(H,37,40). The third-order valence-corrected chi connectivity index (χ3v) is 9.27. The van der Waals surface area contributed by atoms with Crippen molar-refractivity contribution in [3.63, 3.8) is 0 Å². The number of carbonyl (C=O) groups is 1. The van der Waals surface area contributed by atoms with Crippen LogP contribution in [0, 0.1) is 5.82 Å². The van der Waals surface area contributed by atoms with Crippen LogP contribution in [-0.2, 0) is 17.8 Å². The van der Waals surface area contributed by atoms with Crippen LogP contribution in [-0.4, -0.2) is 79.6 Å². The Morgan fingerprint density at radius 2 is 1.93 bits per heavy atom. The molecular formula is C33H30ClFN8O3. The zero-order valence-corrected chi connectivity index (χ0v) is 25.6. The molecule has 2 aromatic carbocycles. The van der Waals surface area contributed by atoms with Crippen molar-refractivity contribution in [1.82, 2.24) is 34.9 Å². The number of piperazine rings is 1. The van der Waals surface area contributed by atoms with Crippen LogP contribution in [0.1, 0.15) is 24.0 Å². The highest BCUT2D eigenvalue weighted by atomic mass is 35.5. The van der Waals surface area contributed by atoms with E-state index in [1.807, 2.05) is 12.1 Å². The quantitative estimate of drug-likeness (QED) is 0.226. The lowest BCUT2D eigenvalue weighted by Gasteiger charge is -2.35. The van der Waals surface area contributed by atoms with E-state index in [1.165, 1.54) is 36.7 Å². The SMILES string of the molecule is C=CC(=O)N1CCN(c2nc(Oc3cccc4c3CCN(C3CC3)C4)nc3c(Oc4c(Cl)c(F)cc5[nH]ncc45)nccc23)CC1. The fourth-order valence-corrected chi connectivity index (χ4v) is 6.56. The van der Waals surface area contributed by atoms with Crippen molar-refractivity contribution in [2.75, 3.05) is 37.6 Å². The van der Waals surface area contributed by atoms with Crippen molar-refractivity contribution >= 4 is 45.1 Å². The smallest absolute Gasteiger partial charge is 0.324 e. The molecule has 3 aromatic heterocycles. The number of aromatic nitrogens is 5. The maximum atomic E-state index is 14.8. The van der Waals surface area contributed by atoms with E-state index in [0.29, 0.717) is 65.6 Å². The highest BCUT2D eigenvalue weighted by Gasteiger charge is 2.32. The van der Waals surface area contributed by atoms with Gasteiger partial charge in [0, 0.05) is 63.1 Å². The first-order chi connectivity index (χ1) is 22.5. The first kappa shape index (κ1) is 28.6. The summed E-state index contributed by atoms with van der Waals surface area (Å²) in [5.41, 5.74) is 3.19. The summed E-state index contributed by atoms with van der Waals surface area (Å²) in [6.07, 6.45) is 7.83. The molecule has 1 aliphatic carbocycles. The predicted octanol–water partition coefficient (Wildman–Crippen LogP) is 5.63. The molecule has 5 heterocycles. The lowest BCUT2D eigenvalue weighted by atomic mass is 9.98. The van der Waals surface area contributed by atoms with Gasteiger partial charge in [-0.2, -0.15) is 15.1 Å². The summed E-state index contributed by atoms with van der Waals surface area (Å²) < 4.78 is 27.5. The van der Waals surface area contributed by atoms with Crippen molar-refractivity contribution in [2.45, 2.75) is 31.8 Å². The summed E-state index contributed by atoms with van der Waals surface area (Å²) >= 11 is 6.40. The molecular weight excluding hydrogens is 611 g/mol. The zero-order chi connectivity index (χ0) is 31.4. The largest absolute Gasteiger partial charge is 0.434 e. The summed E-state index contributed by atoms with van der Waals surface area (Å²) in [6.45, 7) is 7.57. The van der Waals surface area contributed by atoms with Crippen molar-refractivity contribution < 1.29 is 18.7 Å². The fourth-order valence-electron chi connectivity index (χ4n) is 6.37. The Kier molecular flexibility index (Phi) is 7.18. The molecule has 46 heavy (non-hydrogen) atoms. The molecule has 3 aliphatic rings. The normalized spacial score (nSPS) is 16.9. The Balaban J connectivity index is 1.21. The maximum absolute atomic E-state index is 14.8. The molecule has 0 atom stereocenters. The molecule has 5 aromatic rings. The van der Waals surface area contributed by atoms with Gasteiger partial charge in [-0.05, 0) is 43.0 Å². The average Bonchev–Trinajstić information content (AvgIpc) is 3.84. The van der Waals surface area contributed by atoms with Gasteiger partial charge in [0.25, 0.3) is 0 Å². The van der Waals surface area contributed by atoms with Gasteiger partial charge in [-0.15, -0.1) is 0 Å². The Bertz CT molecular complexity index is 2010. The Hall–Kier alpha value is -4.81. The molecule has 13 heteroatoms. The molecule has 2 fully saturated rings. The van der Waals surface area contributed by atoms with Crippen LogP contribution in [0.4, 0.5) is 10.2 Å². The second-order valence-electron chi connectivity index (χ2n) is 11.7. The van der Waals surface area contributed by atoms with Crippen LogP contribution in [0.5, 0.6) is 23.4 Å². The zero-order valence-electron chi connectivity index (χ0n) is 24.9. The Labute approximate surface area is 268 Å². The van der Waals surface area contributed by atoms with Crippen molar-refractivity contribution in [2.24, 2.45) is 0 Å². The molecule has 0 radical (unpaired) electrons. The molecule has 1 N–H and O–H groups in total. The second kappa shape index (κ2) is 11.5. The van der Waals surface area contributed by atoms with Gasteiger partial charge in [-0.3, -0.25) is 14.8 Å². The number of ether oxygens (including phenoxy) is 2. The fraction of sp³-hybridized carbons (Fsp3) is 0.303. The minimum absolute atomic E-state index is 0.0712. The molecule has 1 saturated heterocycles. The monoisotopic (exact) mass is 640 g/mol. The molecule has 8 rings (SSSR count). The van der Waals surface area contributed by atoms with Crippen molar-refractivity contribution in [3.05, 3.63) is 77.3 Å². The highest BCUT2D eigenvalue weighted by molar-refractivity contribution is 6.33. The van der Waals surface area contributed by atoms with Crippen LogP contribution < -0.4 is 14.4 Å². The lowest BCUT2D eigenvalue weighted by molar-refractivity contribution is -0.126. The average molecular weight is 641 g/mol. The number of pyridine rings is 1. The third-order valence-electron chi connectivity index (χ3n) is 8.92. The van der Waals surface area contributed by atoms with Gasteiger partial charge in [0.1, 0.15) is 27.9 Å². The van der Waals surface area contributed by atoms with Crippen LogP contribution in [0.3, 0.4) is 0 Å². The van der Waals surface area contributed by atoms with Gasteiger partial charge in [0.2, 0.25) is 11.8 Å². The van der Waals surface area contributed by atoms with E-state index in [2.05, 4.69) is 37.6 Å². The summed E-state index contributed by atoms with van der Waals surface area (Å²) in [7, 11) is 0. The summed E-state index contributed by atoms with van der Waals surface area (Å²) in [4.78, 5) is 32.8. The van der Waals surface area contributed by atoms with E-state index >= 15 is 0 Å². The number of H-pyrrole nitrogens is 1. The van der Waals surface area contributed by atoms with E-state index < -0.39 is 5.82 Å². The Morgan fingerprint density at radius 1 is 1.09 bits per heavy atom. The molecule has 1 saturated carbocycles. The number of fused-ring (bicyclic) bond motifs is 3. The topological polar surface area (TPSA) is 113 Å². The lowest BCUT2D eigenvalue weighted by Crippen LogP contribution is -2.48. The van der Waals surface area contributed by atoms with E-state index in [4.69, 9.17) is 31.0 Å². The number of hydrogen-bond acceptors (Lipinski definition) is 9. The number of anilines is 1. The molecule has 0 bridgehead atoms. The van der Waals surface area contributed by atoms with Crippen LogP contribution >= 0.6 is 11.6 Å². The number of nitrogens with one attached hydrogen (secondary N) is 1. The Morgan fingerprint density at radius 3 is 2.74 bits per heavy atom. The number of rotatable bonds is 7. The van der Waals surface area contributed by atoms with Gasteiger partial charge in [0.05, 0.1) is 22.5 Å². The van der Waals surface area contributed by atoms with E-state index in [1.54, 1.807) is 17.2 Å². The van der Waals surface area contributed by atoms with E-state index in [0.717, 1.165) is 25.1 Å². The second-order valence-corrected chi connectivity index (χ2v) is 12.1. The van der Waals surface area contributed by atoms with Gasteiger partial charge >= 0.3 is 6.01 Å². The molecule has 11 nitrogen and oxygen atoms in total. The van der Waals surface area contributed by atoms with Gasteiger partial charge in [-0.25, -0.2) is 9.37 Å². The first-order valence-corrected chi connectivity index (χ1v) is 15.7. The minimum atomic E-state index is -0.658. The van der Waals surface area contributed by atoms with Gasteiger partial charge < -0.3 is 19.3 Å². The number of aromatic amines is 1. The van der Waals surface area contributed by atoms with Crippen LogP contribution in [0.2, 0.25) is 5.02 Å². The summed E-state index contributed by atoms with van der Waals surface area (Å²) in [6, 6.07) is 9.99. The molecule has 234 valence electrons. The third kappa shape index (κ3) is 5.17. The number of halogens is 2. The predicted molar refractivity (Wildman–Crippen MR) is 171 cm³/mol. The molecule has 0 unspecified atom stereocenters. The van der Waals surface area contributed by atoms with E-state index in [-0.39, 0.29) is 28.6 Å². The van der Waals surface area contributed by atoms with E-state index in [9.17, 15) is 9.18 Å². The van der Waals surface area contributed by atoms with Crippen molar-refractivity contribution in [3.8, 4) is 23.4 Å². The molecule has 0 spiro atoms. The van der Waals surface area contributed by atoms with Crippen molar-refractivity contribution in [1.29, 1.82) is 0 Å². The number of hydrogen-bond donors (Lipinski definition) is 1. The molecule has 1 amide bonds. The number of amides is 1. The number of nitrogens with zero attached hydrogens (tertiary/aromatic N) is 7. The number of carbonyl (C=O) groups excluding carboxylic acids is 1. The summed E-state index contributed by atoms with van der Waals surface area (Å²) in [5, 5.41) is 7.73. The minimum Gasteiger partial charge on any atom is -0.434 e. The molecule has 2 aliphatic heterocycles. The number of benzene rings is 2.